The van der Waals surface area contributed by atoms with Crippen molar-refractivity contribution >= 4 is 12.4 Å². The molecule has 4 heteroatoms. The summed E-state index contributed by atoms with van der Waals surface area (Å²) in [5.41, 5.74) is 1.29. The molecular formula is C18H27ClN2O. The van der Waals surface area contributed by atoms with E-state index in [0.29, 0.717) is 12.1 Å². The third-order valence-corrected chi connectivity index (χ3v) is 4.00. The van der Waals surface area contributed by atoms with Gasteiger partial charge in [0.15, 0.2) is 6.39 Å². The van der Waals surface area contributed by atoms with Gasteiger partial charge in [0, 0.05) is 18.0 Å². The van der Waals surface area contributed by atoms with Crippen molar-refractivity contribution in [3.8, 4) is 0 Å². The van der Waals surface area contributed by atoms with E-state index >= 15 is 0 Å². The standard InChI is InChI=1S/C18H26N2O.ClH/c1-14(2)20(15(3)4)11-10-17(18-12-19-13-21-18)16-8-6-5-7-9-16;/h5-9,12-15,17H,10-11H2,1-4H3;1H. The van der Waals surface area contributed by atoms with Crippen molar-refractivity contribution in [2.24, 2.45) is 0 Å². The summed E-state index contributed by atoms with van der Waals surface area (Å²) in [5.74, 6) is 1.22. The summed E-state index contributed by atoms with van der Waals surface area (Å²) in [6.45, 7) is 10.1. The van der Waals surface area contributed by atoms with Gasteiger partial charge in [0.05, 0.1) is 6.20 Å². The van der Waals surface area contributed by atoms with E-state index in [9.17, 15) is 0 Å². The fourth-order valence-electron chi connectivity index (χ4n) is 2.95. The predicted octanol–water partition coefficient (Wildman–Crippen LogP) is 4.74. The Morgan fingerprint density at radius 2 is 1.68 bits per heavy atom. The molecule has 1 unspecified atom stereocenters. The summed E-state index contributed by atoms with van der Waals surface area (Å²) < 4.78 is 5.57. The maximum atomic E-state index is 5.57. The molecule has 0 aliphatic carbocycles. The summed E-state index contributed by atoms with van der Waals surface area (Å²) in [6.07, 6.45) is 4.40. The first-order valence-electron chi connectivity index (χ1n) is 7.78. The van der Waals surface area contributed by atoms with Gasteiger partial charge >= 0.3 is 0 Å². The second-order valence-electron chi connectivity index (χ2n) is 6.08. The summed E-state index contributed by atoms with van der Waals surface area (Å²) in [5, 5.41) is 0. The van der Waals surface area contributed by atoms with Crippen LogP contribution in [0, 0.1) is 0 Å². The SMILES string of the molecule is CC(C)N(CCC(c1ccccc1)c1cnco1)C(C)C.Cl. The first kappa shape index (κ1) is 18.7. The number of aromatic nitrogens is 1. The highest BCUT2D eigenvalue weighted by molar-refractivity contribution is 5.85. The number of oxazole rings is 1. The molecule has 122 valence electrons. The summed E-state index contributed by atoms with van der Waals surface area (Å²) in [4.78, 5) is 6.61. The summed E-state index contributed by atoms with van der Waals surface area (Å²) in [7, 11) is 0. The molecule has 0 N–H and O–H groups in total. The van der Waals surface area contributed by atoms with Gasteiger partial charge in [0.1, 0.15) is 5.76 Å². The van der Waals surface area contributed by atoms with E-state index in [1.54, 1.807) is 0 Å². The molecule has 0 spiro atoms. The van der Waals surface area contributed by atoms with Crippen LogP contribution in [0.5, 0.6) is 0 Å². The normalized spacial score (nSPS) is 12.7. The lowest BCUT2D eigenvalue weighted by molar-refractivity contribution is 0.169. The molecule has 2 aromatic rings. The van der Waals surface area contributed by atoms with Gasteiger partial charge in [-0.2, -0.15) is 0 Å². The minimum Gasteiger partial charge on any atom is -0.448 e. The number of nitrogens with zero attached hydrogens (tertiary/aromatic N) is 2. The van der Waals surface area contributed by atoms with Crippen LogP contribution in [0.3, 0.4) is 0 Å². The Labute approximate surface area is 140 Å². The molecule has 22 heavy (non-hydrogen) atoms. The van der Waals surface area contributed by atoms with Gasteiger partial charge in [-0.05, 0) is 46.2 Å². The van der Waals surface area contributed by atoms with Crippen molar-refractivity contribution < 1.29 is 4.42 Å². The van der Waals surface area contributed by atoms with Crippen LogP contribution < -0.4 is 0 Å². The van der Waals surface area contributed by atoms with Crippen molar-refractivity contribution in [2.75, 3.05) is 6.54 Å². The van der Waals surface area contributed by atoms with Crippen LogP contribution in [-0.2, 0) is 0 Å². The van der Waals surface area contributed by atoms with E-state index < -0.39 is 0 Å². The highest BCUT2D eigenvalue weighted by atomic mass is 35.5. The summed E-state index contributed by atoms with van der Waals surface area (Å²) in [6, 6.07) is 11.7. The molecule has 2 rings (SSSR count). The van der Waals surface area contributed by atoms with Crippen LogP contribution >= 0.6 is 12.4 Å². The second kappa shape index (κ2) is 8.96. The van der Waals surface area contributed by atoms with E-state index in [0.717, 1.165) is 18.7 Å². The van der Waals surface area contributed by atoms with Crippen molar-refractivity contribution in [3.63, 3.8) is 0 Å². The topological polar surface area (TPSA) is 29.3 Å². The van der Waals surface area contributed by atoms with Gasteiger partial charge in [-0.1, -0.05) is 30.3 Å². The Bertz CT molecular complexity index is 503. The first-order chi connectivity index (χ1) is 10.1. The quantitative estimate of drug-likeness (QED) is 0.737. The number of hydrogen-bond donors (Lipinski definition) is 0. The number of hydrogen-bond acceptors (Lipinski definition) is 3. The van der Waals surface area contributed by atoms with Crippen molar-refractivity contribution in [3.05, 3.63) is 54.2 Å². The molecule has 0 bridgehead atoms. The predicted molar refractivity (Wildman–Crippen MR) is 93.6 cm³/mol. The number of halogens is 1. The van der Waals surface area contributed by atoms with E-state index in [4.69, 9.17) is 4.42 Å². The Kier molecular flexibility index (Phi) is 7.63. The van der Waals surface area contributed by atoms with Crippen LogP contribution in [0.15, 0.2) is 47.3 Å². The monoisotopic (exact) mass is 322 g/mol. The van der Waals surface area contributed by atoms with Crippen molar-refractivity contribution in [2.45, 2.75) is 52.1 Å². The zero-order valence-electron chi connectivity index (χ0n) is 13.9. The van der Waals surface area contributed by atoms with E-state index in [2.05, 4.69) is 67.9 Å². The minimum absolute atomic E-state index is 0. The zero-order chi connectivity index (χ0) is 15.2. The Morgan fingerprint density at radius 3 is 2.18 bits per heavy atom. The lowest BCUT2D eigenvalue weighted by Crippen LogP contribution is -2.38. The number of benzene rings is 1. The molecule has 0 amide bonds. The van der Waals surface area contributed by atoms with Crippen LogP contribution in [0.2, 0.25) is 0 Å². The zero-order valence-corrected chi connectivity index (χ0v) is 14.7. The molecule has 1 heterocycles. The average Bonchev–Trinajstić information content (AvgIpc) is 2.97. The molecule has 0 fully saturated rings. The molecular weight excluding hydrogens is 296 g/mol. The van der Waals surface area contributed by atoms with Crippen LogP contribution in [0.4, 0.5) is 0 Å². The lowest BCUT2D eigenvalue weighted by atomic mass is 9.93. The minimum atomic E-state index is 0. The van der Waals surface area contributed by atoms with Gasteiger partial charge in [-0.15, -0.1) is 12.4 Å². The van der Waals surface area contributed by atoms with Gasteiger partial charge in [-0.3, -0.25) is 4.90 Å². The van der Waals surface area contributed by atoms with Gasteiger partial charge in [0.25, 0.3) is 0 Å². The molecule has 0 saturated heterocycles. The fraction of sp³-hybridized carbons (Fsp3) is 0.500. The van der Waals surface area contributed by atoms with E-state index in [1.807, 2.05) is 6.20 Å². The van der Waals surface area contributed by atoms with Gasteiger partial charge in [0.2, 0.25) is 0 Å². The molecule has 0 saturated carbocycles. The second-order valence-corrected chi connectivity index (χ2v) is 6.08. The highest BCUT2D eigenvalue weighted by Crippen LogP contribution is 2.28. The van der Waals surface area contributed by atoms with Crippen LogP contribution in [0.1, 0.15) is 51.4 Å². The third kappa shape index (κ3) is 4.85. The van der Waals surface area contributed by atoms with Crippen LogP contribution in [0.25, 0.3) is 0 Å². The largest absolute Gasteiger partial charge is 0.448 e. The molecule has 1 aromatic carbocycles. The highest BCUT2D eigenvalue weighted by Gasteiger charge is 2.20. The maximum absolute atomic E-state index is 5.57. The fourth-order valence-corrected chi connectivity index (χ4v) is 2.95. The van der Waals surface area contributed by atoms with Crippen molar-refractivity contribution in [1.29, 1.82) is 0 Å². The molecule has 1 atom stereocenters. The molecule has 0 aliphatic heterocycles. The molecule has 3 nitrogen and oxygen atoms in total. The smallest absolute Gasteiger partial charge is 0.180 e. The first-order valence-corrected chi connectivity index (χ1v) is 7.78. The number of rotatable bonds is 7. The Hall–Kier alpha value is -1.32. The van der Waals surface area contributed by atoms with E-state index in [-0.39, 0.29) is 18.3 Å². The van der Waals surface area contributed by atoms with Gasteiger partial charge < -0.3 is 4.42 Å². The lowest BCUT2D eigenvalue weighted by Gasteiger charge is -2.31. The maximum Gasteiger partial charge on any atom is 0.180 e. The van der Waals surface area contributed by atoms with E-state index in [1.165, 1.54) is 12.0 Å². The molecule has 0 aliphatic rings. The van der Waals surface area contributed by atoms with Crippen LogP contribution in [-0.4, -0.2) is 28.5 Å². The van der Waals surface area contributed by atoms with Gasteiger partial charge in [-0.25, -0.2) is 4.98 Å². The molecule has 1 aromatic heterocycles. The Morgan fingerprint density at radius 1 is 1.05 bits per heavy atom. The summed E-state index contributed by atoms with van der Waals surface area (Å²) >= 11 is 0. The van der Waals surface area contributed by atoms with Crippen molar-refractivity contribution in [1.82, 2.24) is 9.88 Å². The molecule has 0 radical (unpaired) electrons. The Balaban J connectivity index is 0.00000242. The third-order valence-electron chi connectivity index (χ3n) is 4.00. The average molecular weight is 323 g/mol.